The van der Waals surface area contributed by atoms with Gasteiger partial charge in [-0.25, -0.2) is 0 Å². The summed E-state index contributed by atoms with van der Waals surface area (Å²) in [5.41, 5.74) is 7.56. The van der Waals surface area contributed by atoms with Gasteiger partial charge in [-0.1, -0.05) is 30.3 Å². The molecule has 1 amide bonds. The van der Waals surface area contributed by atoms with E-state index in [9.17, 15) is 19.7 Å². The zero-order valence-corrected chi connectivity index (χ0v) is 20.7. The number of carbonyl (C=O) groups is 2. The Morgan fingerprint density at radius 1 is 1.16 bits per heavy atom. The molecule has 3 aromatic rings. The standard InChI is InChI=1S/C27H27N5O6/c1-37-25(33)12-17-11-22(31(15-17)27(34)21-3-2-10-30-14-21)16-38-24-9-8-20(13-23(24)32(35)36)18-4-6-19(7-5-18)26(28)29/h2-10,13-14,17,22H,11-12,15-16H2,1H3,(H3,28,29)/t17-,22-/m0/s1. The fraction of sp³-hybridized carbons (Fsp3) is 0.259. The van der Waals surface area contributed by atoms with Crippen molar-refractivity contribution in [3.63, 3.8) is 0 Å². The van der Waals surface area contributed by atoms with Crippen LogP contribution in [-0.2, 0) is 9.53 Å². The van der Waals surface area contributed by atoms with Crippen LogP contribution in [0.25, 0.3) is 11.1 Å². The van der Waals surface area contributed by atoms with E-state index in [0.717, 1.165) is 5.56 Å². The highest BCUT2D eigenvalue weighted by atomic mass is 16.6. The third-order valence-electron chi connectivity index (χ3n) is 6.47. The number of nitrogens with zero attached hydrogens (tertiary/aromatic N) is 3. The molecule has 0 bridgehead atoms. The maximum absolute atomic E-state index is 13.2. The number of carbonyl (C=O) groups excluding carboxylic acids is 2. The second-order valence-electron chi connectivity index (χ2n) is 8.98. The molecule has 0 aliphatic carbocycles. The van der Waals surface area contributed by atoms with Gasteiger partial charge in [-0.15, -0.1) is 0 Å². The van der Waals surface area contributed by atoms with E-state index in [1.807, 2.05) is 0 Å². The van der Waals surface area contributed by atoms with Crippen molar-refractivity contribution in [2.75, 3.05) is 20.3 Å². The Labute approximate surface area is 218 Å². The van der Waals surface area contributed by atoms with Crippen LogP contribution in [0.3, 0.4) is 0 Å². The Morgan fingerprint density at radius 3 is 2.53 bits per heavy atom. The summed E-state index contributed by atoms with van der Waals surface area (Å²) in [6, 6.07) is 14.4. The Kier molecular flexibility index (Phi) is 7.95. The number of nitro groups is 1. The van der Waals surface area contributed by atoms with Gasteiger partial charge in [0.05, 0.1) is 30.1 Å². The van der Waals surface area contributed by atoms with Crippen LogP contribution in [0.15, 0.2) is 67.0 Å². The normalized spacial score (nSPS) is 16.6. The minimum atomic E-state index is -0.518. The maximum Gasteiger partial charge on any atom is 0.311 e. The maximum atomic E-state index is 13.2. The van der Waals surface area contributed by atoms with E-state index in [1.54, 1.807) is 53.6 Å². The van der Waals surface area contributed by atoms with Gasteiger partial charge < -0.3 is 20.1 Å². The van der Waals surface area contributed by atoms with Gasteiger partial charge in [0.2, 0.25) is 0 Å². The van der Waals surface area contributed by atoms with Gasteiger partial charge in [-0.05, 0) is 41.7 Å². The number of benzene rings is 2. The monoisotopic (exact) mass is 517 g/mol. The molecule has 2 heterocycles. The summed E-state index contributed by atoms with van der Waals surface area (Å²) >= 11 is 0. The fourth-order valence-corrected chi connectivity index (χ4v) is 4.53. The summed E-state index contributed by atoms with van der Waals surface area (Å²) in [6.07, 6.45) is 3.68. The highest BCUT2D eigenvalue weighted by Crippen LogP contribution is 2.34. The van der Waals surface area contributed by atoms with Crippen molar-refractivity contribution in [2.24, 2.45) is 11.7 Å². The van der Waals surface area contributed by atoms with E-state index in [4.69, 9.17) is 20.6 Å². The summed E-state index contributed by atoms with van der Waals surface area (Å²) in [5.74, 6) is -0.745. The van der Waals surface area contributed by atoms with Gasteiger partial charge in [-0.3, -0.25) is 30.1 Å². The smallest absolute Gasteiger partial charge is 0.311 e. The molecule has 1 fully saturated rings. The van der Waals surface area contributed by atoms with Gasteiger partial charge in [-0.2, -0.15) is 0 Å². The van der Waals surface area contributed by atoms with Crippen molar-refractivity contribution in [1.29, 1.82) is 5.41 Å². The molecular formula is C27H27N5O6. The molecule has 0 radical (unpaired) electrons. The number of aromatic nitrogens is 1. The molecule has 3 N–H and O–H groups in total. The zero-order valence-electron chi connectivity index (χ0n) is 20.7. The van der Waals surface area contributed by atoms with Crippen molar-refractivity contribution in [2.45, 2.75) is 18.9 Å². The SMILES string of the molecule is COC(=O)C[C@@H]1C[C@@H](COc2ccc(-c3ccc(C(=N)N)cc3)cc2[N+](=O)[O-])N(C(=O)c2cccnc2)C1. The van der Waals surface area contributed by atoms with E-state index in [2.05, 4.69) is 4.98 Å². The Balaban J connectivity index is 1.54. The summed E-state index contributed by atoms with van der Waals surface area (Å²) < 4.78 is 10.7. The van der Waals surface area contributed by atoms with Crippen LogP contribution in [0, 0.1) is 21.4 Å². The number of hydrogen-bond acceptors (Lipinski definition) is 8. The lowest BCUT2D eigenvalue weighted by atomic mass is 10.0. The molecule has 1 saturated heterocycles. The first-order chi connectivity index (χ1) is 18.3. The van der Waals surface area contributed by atoms with E-state index in [1.165, 1.54) is 25.4 Å². The minimum absolute atomic E-state index is 0.0111. The first-order valence-corrected chi connectivity index (χ1v) is 11.9. The number of nitrogens with two attached hydrogens (primary N) is 1. The lowest BCUT2D eigenvalue weighted by Gasteiger charge is -2.24. The van der Waals surface area contributed by atoms with Gasteiger partial charge >= 0.3 is 11.7 Å². The number of amides is 1. The molecule has 0 spiro atoms. The number of esters is 1. The topological polar surface area (TPSA) is 162 Å². The van der Waals surface area contributed by atoms with Crippen molar-refractivity contribution in [1.82, 2.24) is 9.88 Å². The van der Waals surface area contributed by atoms with Crippen molar-refractivity contribution in [3.05, 3.63) is 88.2 Å². The van der Waals surface area contributed by atoms with Gasteiger partial charge in [0.1, 0.15) is 12.4 Å². The molecule has 196 valence electrons. The number of nitro benzene ring substituents is 1. The first kappa shape index (κ1) is 26.3. The molecule has 11 heteroatoms. The Hall–Kier alpha value is -4.80. The zero-order chi connectivity index (χ0) is 27.2. The number of hydrogen-bond donors (Lipinski definition) is 2. The molecule has 2 aromatic carbocycles. The average molecular weight is 518 g/mol. The summed E-state index contributed by atoms with van der Waals surface area (Å²) in [4.78, 5) is 42.0. The van der Waals surface area contributed by atoms with Crippen LogP contribution >= 0.6 is 0 Å². The number of amidine groups is 1. The fourth-order valence-electron chi connectivity index (χ4n) is 4.53. The lowest BCUT2D eigenvalue weighted by Crippen LogP contribution is -2.39. The Morgan fingerprint density at radius 2 is 1.89 bits per heavy atom. The Bertz CT molecular complexity index is 1350. The molecule has 11 nitrogen and oxygen atoms in total. The summed E-state index contributed by atoms with van der Waals surface area (Å²) in [6.45, 7) is 0.339. The molecule has 0 saturated carbocycles. The van der Waals surface area contributed by atoms with Crippen LogP contribution in [0.2, 0.25) is 0 Å². The largest absolute Gasteiger partial charge is 0.485 e. The van der Waals surface area contributed by atoms with Crippen LogP contribution < -0.4 is 10.5 Å². The molecule has 2 atom stereocenters. The number of ether oxygens (including phenoxy) is 2. The number of methoxy groups -OCH3 is 1. The van der Waals surface area contributed by atoms with Crippen LogP contribution in [-0.4, -0.2) is 58.8 Å². The van der Waals surface area contributed by atoms with E-state index in [0.29, 0.717) is 29.7 Å². The second kappa shape index (κ2) is 11.5. The van der Waals surface area contributed by atoms with Crippen molar-refractivity contribution < 1.29 is 24.0 Å². The predicted octanol–water partition coefficient (Wildman–Crippen LogP) is 3.41. The number of nitrogen functional groups attached to an aromatic ring is 1. The molecule has 1 aromatic heterocycles. The van der Waals surface area contributed by atoms with Crippen LogP contribution in [0.5, 0.6) is 5.75 Å². The van der Waals surface area contributed by atoms with Crippen LogP contribution in [0.1, 0.15) is 28.8 Å². The molecule has 1 aliphatic rings. The van der Waals surface area contributed by atoms with Gasteiger partial charge in [0.25, 0.3) is 5.91 Å². The van der Waals surface area contributed by atoms with Gasteiger partial charge in [0, 0.05) is 30.6 Å². The minimum Gasteiger partial charge on any atom is -0.485 e. The molecule has 38 heavy (non-hydrogen) atoms. The lowest BCUT2D eigenvalue weighted by molar-refractivity contribution is -0.385. The van der Waals surface area contributed by atoms with E-state index in [-0.39, 0.29) is 48.1 Å². The number of pyridine rings is 1. The third kappa shape index (κ3) is 5.94. The molecular weight excluding hydrogens is 490 g/mol. The number of rotatable bonds is 9. The average Bonchev–Trinajstić information content (AvgIpc) is 3.34. The molecule has 1 aliphatic heterocycles. The quantitative estimate of drug-likeness (QED) is 0.143. The highest BCUT2D eigenvalue weighted by Gasteiger charge is 2.37. The molecule has 4 rings (SSSR count). The predicted molar refractivity (Wildman–Crippen MR) is 139 cm³/mol. The van der Waals surface area contributed by atoms with Crippen LogP contribution in [0.4, 0.5) is 5.69 Å². The highest BCUT2D eigenvalue weighted by molar-refractivity contribution is 5.95. The second-order valence-corrected chi connectivity index (χ2v) is 8.98. The number of likely N-dealkylation sites (tertiary alicyclic amines) is 1. The molecule has 0 unspecified atom stereocenters. The third-order valence-corrected chi connectivity index (χ3v) is 6.47. The summed E-state index contributed by atoms with van der Waals surface area (Å²) in [7, 11) is 1.32. The first-order valence-electron chi connectivity index (χ1n) is 11.9. The van der Waals surface area contributed by atoms with E-state index >= 15 is 0 Å². The number of nitrogens with one attached hydrogen (secondary N) is 1. The van der Waals surface area contributed by atoms with Crippen molar-refractivity contribution in [3.8, 4) is 16.9 Å². The van der Waals surface area contributed by atoms with E-state index < -0.39 is 11.0 Å². The van der Waals surface area contributed by atoms with Crippen molar-refractivity contribution >= 4 is 23.4 Å². The summed E-state index contributed by atoms with van der Waals surface area (Å²) in [5, 5.41) is 19.4. The van der Waals surface area contributed by atoms with Gasteiger partial charge in [0.15, 0.2) is 5.75 Å².